The minimum atomic E-state index is 0.121. The molecule has 0 saturated heterocycles. The first-order chi connectivity index (χ1) is 9.15. The van der Waals surface area contributed by atoms with Crippen LogP contribution in [0.5, 0.6) is 0 Å². The summed E-state index contributed by atoms with van der Waals surface area (Å²) in [5.74, 6) is 0. The molecule has 1 aromatic rings. The molecule has 1 saturated carbocycles. The van der Waals surface area contributed by atoms with Crippen molar-refractivity contribution in [2.24, 2.45) is 5.41 Å². The van der Waals surface area contributed by atoms with Crippen molar-refractivity contribution >= 4 is 0 Å². The van der Waals surface area contributed by atoms with Crippen molar-refractivity contribution in [3.05, 3.63) is 35.4 Å². The van der Waals surface area contributed by atoms with Gasteiger partial charge in [-0.3, -0.25) is 0 Å². The Bertz CT molecular complexity index is 396. The van der Waals surface area contributed by atoms with E-state index in [4.69, 9.17) is 0 Å². The summed E-state index contributed by atoms with van der Waals surface area (Å²) in [4.78, 5) is 0. The maximum absolute atomic E-state index is 9.73. The minimum absolute atomic E-state index is 0.121. The fourth-order valence-corrected chi connectivity index (χ4v) is 3.12. The normalized spacial score (nSPS) is 20.2. The number of aliphatic hydroxyl groups excluding tert-OH is 1. The Morgan fingerprint density at radius 1 is 1.26 bits per heavy atom. The number of benzene rings is 1. The summed E-state index contributed by atoms with van der Waals surface area (Å²) in [6.45, 7) is 5.59. The van der Waals surface area contributed by atoms with Crippen molar-refractivity contribution in [1.29, 1.82) is 0 Å². The lowest BCUT2D eigenvalue weighted by atomic mass is 9.74. The smallest absolute Gasteiger partial charge is 0.0499 e. The Labute approximate surface area is 117 Å². The van der Waals surface area contributed by atoms with Crippen LogP contribution in [0.3, 0.4) is 0 Å². The van der Waals surface area contributed by atoms with Gasteiger partial charge in [-0.15, -0.1) is 0 Å². The molecule has 0 aromatic heterocycles. The first-order valence-electron chi connectivity index (χ1n) is 7.56. The van der Waals surface area contributed by atoms with Gasteiger partial charge in [-0.2, -0.15) is 0 Å². The van der Waals surface area contributed by atoms with Crippen LogP contribution in [0.2, 0.25) is 0 Å². The monoisotopic (exact) mass is 261 g/mol. The molecule has 1 aliphatic rings. The number of aryl methyl sites for hydroxylation is 1. The van der Waals surface area contributed by atoms with Crippen LogP contribution in [0, 0.1) is 12.3 Å². The zero-order valence-electron chi connectivity index (χ0n) is 12.3. The molecule has 0 amide bonds. The van der Waals surface area contributed by atoms with Gasteiger partial charge in [0, 0.05) is 24.6 Å². The standard InChI is InChI=1S/C17H27NO/c1-14-7-6-8-16(11-14)15(2)18-12-17(13-19)9-4-3-5-10-17/h6-8,11,15,18-19H,3-5,9-10,12-13H2,1-2H3/t15-/m0/s1. The summed E-state index contributed by atoms with van der Waals surface area (Å²) in [5, 5.41) is 13.4. The summed E-state index contributed by atoms with van der Waals surface area (Å²) in [6.07, 6.45) is 6.19. The molecule has 1 atom stereocenters. The molecule has 0 bridgehead atoms. The number of aliphatic hydroxyl groups is 1. The van der Waals surface area contributed by atoms with Crippen molar-refractivity contribution in [1.82, 2.24) is 5.32 Å². The molecule has 0 unspecified atom stereocenters. The van der Waals surface area contributed by atoms with E-state index >= 15 is 0 Å². The molecular formula is C17H27NO. The number of nitrogens with one attached hydrogen (secondary N) is 1. The fourth-order valence-electron chi connectivity index (χ4n) is 3.12. The Morgan fingerprint density at radius 2 is 2.00 bits per heavy atom. The average molecular weight is 261 g/mol. The van der Waals surface area contributed by atoms with Crippen molar-refractivity contribution in [2.75, 3.05) is 13.2 Å². The van der Waals surface area contributed by atoms with E-state index in [1.54, 1.807) is 0 Å². The predicted molar refractivity (Wildman–Crippen MR) is 80.2 cm³/mol. The zero-order valence-corrected chi connectivity index (χ0v) is 12.3. The van der Waals surface area contributed by atoms with Gasteiger partial charge in [-0.1, -0.05) is 49.1 Å². The highest BCUT2D eigenvalue weighted by molar-refractivity contribution is 5.24. The highest BCUT2D eigenvalue weighted by Crippen LogP contribution is 2.35. The second kappa shape index (κ2) is 6.53. The molecule has 1 fully saturated rings. The fraction of sp³-hybridized carbons (Fsp3) is 0.647. The predicted octanol–water partition coefficient (Wildman–Crippen LogP) is 3.59. The molecule has 106 valence electrons. The lowest BCUT2D eigenvalue weighted by molar-refractivity contribution is 0.0789. The molecule has 1 aliphatic carbocycles. The molecule has 19 heavy (non-hydrogen) atoms. The molecule has 0 aliphatic heterocycles. The maximum atomic E-state index is 9.73. The third-order valence-electron chi connectivity index (χ3n) is 4.58. The highest BCUT2D eigenvalue weighted by Gasteiger charge is 2.31. The molecule has 0 spiro atoms. The lowest BCUT2D eigenvalue weighted by Crippen LogP contribution is -2.40. The average Bonchev–Trinajstić information content (AvgIpc) is 2.46. The van der Waals surface area contributed by atoms with Gasteiger partial charge < -0.3 is 10.4 Å². The quantitative estimate of drug-likeness (QED) is 0.849. The van der Waals surface area contributed by atoms with Gasteiger partial charge in [0.05, 0.1) is 0 Å². The maximum Gasteiger partial charge on any atom is 0.0499 e. The summed E-state index contributed by atoms with van der Waals surface area (Å²) in [7, 11) is 0. The van der Waals surface area contributed by atoms with E-state index in [2.05, 4.69) is 43.4 Å². The minimum Gasteiger partial charge on any atom is -0.396 e. The van der Waals surface area contributed by atoms with Crippen molar-refractivity contribution in [3.8, 4) is 0 Å². The Morgan fingerprint density at radius 3 is 2.63 bits per heavy atom. The van der Waals surface area contributed by atoms with Gasteiger partial charge in [0.1, 0.15) is 0 Å². The Hall–Kier alpha value is -0.860. The van der Waals surface area contributed by atoms with Gasteiger partial charge >= 0.3 is 0 Å². The van der Waals surface area contributed by atoms with Crippen LogP contribution in [0.15, 0.2) is 24.3 Å². The SMILES string of the molecule is Cc1cccc([C@H](C)NCC2(CO)CCCCC2)c1. The largest absolute Gasteiger partial charge is 0.396 e. The van der Waals surface area contributed by atoms with Crippen molar-refractivity contribution in [3.63, 3.8) is 0 Å². The Balaban J connectivity index is 1.93. The molecule has 2 N–H and O–H groups in total. The molecule has 1 aromatic carbocycles. The molecular weight excluding hydrogens is 234 g/mol. The van der Waals surface area contributed by atoms with Crippen LogP contribution in [0.4, 0.5) is 0 Å². The number of rotatable bonds is 5. The summed E-state index contributed by atoms with van der Waals surface area (Å²) >= 11 is 0. The van der Waals surface area contributed by atoms with Crippen LogP contribution in [-0.2, 0) is 0 Å². The van der Waals surface area contributed by atoms with Gasteiger partial charge in [-0.05, 0) is 32.3 Å². The topological polar surface area (TPSA) is 32.3 Å². The molecule has 2 rings (SSSR count). The van der Waals surface area contributed by atoms with E-state index in [1.165, 1.54) is 30.4 Å². The van der Waals surface area contributed by atoms with E-state index in [0.717, 1.165) is 19.4 Å². The third-order valence-corrected chi connectivity index (χ3v) is 4.58. The first kappa shape index (κ1) is 14.5. The van der Waals surface area contributed by atoms with E-state index in [9.17, 15) is 5.11 Å². The first-order valence-corrected chi connectivity index (χ1v) is 7.56. The number of hydrogen-bond acceptors (Lipinski definition) is 2. The van der Waals surface area contributed by atoms with E-state index in [-0.39, 0.29) is 5.41 Å². The van der Waals surface area contributed by atoms with Gasteiger partial charge in [0.2, 0.25) is 0 Å². The Kier molecular flexibility index (Phi) is 5.00. The molecule has 0 radical (unpaired) electrons. The van der Waals surface area contributed by atoms with Crippen LogP contribution >= 0.6 is 0 Å². The van der Waals surface area contributed by atoms with Crippen molar-refractivity contribution in [2.45, 2.75) is 52.0 Å². The summed E-state index contributed by atoms with van der Waals surface area (Å²) < 4.78 is 0. The highest BCUT2D eigenvalue weighted by atomic mass is 16.3. The summed E-state index contributed by atoms with van der Waals surface area (Å²) in [6, 6.07) is 9.02. The zero-order chi connectivity index (χ0) is 13.7. The van der Waals surface area contributed by atoms with Crippen LogP contribution in [-0.4, -0.2) is 18.3 Å². The second-order valence-corrected chi connectivity index (χ2v) is 6.24. The van der Waals surface area contributed by atoms with Crippen LogP contribution < -0.4 is 5.32 Å². The van der Waals surface area contributed by atoms with E-state index < -0.39 is 0 Å². The van der Waals surface area contributed by atoms with Gasteiger partial charge in [0.15, 0.2) is 0 Å². The number of hydrogen-bond donors (Lipinski definition) is 2. The molecule has 0 heterocycles. The van der Waals surface area contributed by atoms with Crippen molar-refractivity contribution < 1.29 is 5.11 Å². The van der Waals surface area contributed by atoms with E-state index in [0.29, 0.717) is 12.6 Å². The molecule has 2 heteroatoms. The lowest BCUT2D eigenvalue weighted by Gasteiger charge is -2.36. The summed E-state index contributed by atoms with van der Waals surface area (Å²) in [5.41, 5.74) is 2.76. The third kappa shape index (κ3) is 3.80. The van der Waals surface area contributed by atoms with Gasteiger partial charge in [0.25, 0.3) is 0 Å². The van der Waals surface area contributed by atoms with E-state index in [1.807, 2.05) is 0 Å². The van der Waals surface area contributed by atoms with Crippen LogP contribution in [0.1, 0.15) is 56.2 Å². The van der Waals surface area contributed by atoms with Crippen LogP contribution in [0.25, 0.3) is 0 Å². The second-order valence-electron chi connectivity index (χ2n) is 6.24. The van der Waals surface area contributed by atoms with Gasteiger partial charge in [-0.25, -0.2) is 0 Å². The molecule has 2 nitrogen and oxygen atoms in total.